The molecule has 0 aliphatic heterocycles. The fourth-order valence-electron chi connectivity index (χ4n) is 4.62. The highest BCUT2D eigenvalue weighted by Crippen LogP contribution is 2.41. The molecule has 2 amide bonds. The Morgan fingerprint density at radius 1 is 1.23 bits per heavy atom. The standard InChI is InChI=1S/C24H27F5N6O4/c1-12-19(13(2)39-34-12)22(38)33-20(14-3-6-23(25,26)7-4-14)16-11-35-17(31-16)9-15(10-30-35)21(37)32-18(36)5-8-24(27,28)29/h9-11,14,20-21,37H,3-8H2,1-2H3,(H,32,36)(H,33,38)/t20-,21+/m0/s1. The van der Waals surface area contributed by atoms with Crippen LogP contribution in [0.3, 0.4) is 0 Å². The number of hydrogen-bond donors (Lipinski definition) is 3. The zero-order chi connectivity index (χ0) is 28.5. The number of fused-ring (bicyclic) bond motifs is 1. The van der Waals surface area contributed by atoms with Crippen molar-refractivity contribution in [1.29, 1.82) is 0 Å². The molecular formula is C24H27F5N6O4. The number of aryl methyl sites for hydroxylation is 2. The summed E-state index contributed by atoms with van der Waals surface area (Å²) < 4.78 is 71.2. The molecule has 0 saturated heterocycles. The molecule has 0 spiro atoms. The van der Waals surface area contributed by atoms with E-state index in [9.17, 15) is 36.6 Å². The van der Waals surface area contributed by atoms with E-state index in [1.807, 2.05) is 0 Å². The van der Waals surface area contributed by atoms with Gasteiger partial charge >= 0.3 is 6.18 Å². The van der Waals surface area contributed by atoms with Gasteiger partial charge in [-0.15, -0.1) is 0 Å². The Morgan fingerprint density at radius 2 is 1.92 bits per heavy atom. The van der Waals surface area contributed by atoms with Crippen molar-refractivity contribution in [3.05, 3.63) is 46.7 Å². The van der Waals surface area contributed by atoms with Crippen LogP contribution in [-0.2, 0) is 4.79 Å². The van der Waals surface area contributed by atoms with Gasteiger partial charge in [0.25, 0.3) is 5.91 Å². The highest BCUT2D eigenvalue weighted by Gasteiger charge is 2.39. The maximum Gasteiger partial charge on any atom is 0.389 e. The first-order valence-corrected chi connectivity index (χ1v) is 12.2. The van der Waals surface area contributed by atoms with Gasteiger partial charge in [-0.3, -0.25) is 9.59 Å². The monoisotopic (exact) mass is 558 g/mol. The molecule has 3 aromatic rings. The number of amides is 2. The van der Waals surface area contributed by atoms with Crippen molar-refractivity contribution < 1.29 is 41.2 Å². The van der Waals surface area contributed by atoms with Crippen LogP contribution >= 0.6 is 0 Å². The fourth-order valence-corrected chi connectivity index (χ4v) is 4.62. The van der Waals surface area contributed by atoms with Gasteiger partial charge in [0.05, 0.1) is 36.2 Å². The number of aliphatic hydroxyl groups excluding tert-OH is 1. The first-order valence-electron chi connectivity index (χ1n) is 12.2. The second-order valence-corrected chi connectivity index (χ2v) is 9.69. The first kappa shape index (κ1) is 28.4. The third kappa shape index (κ3) is 6.88. The number of nitrogens with one attached hydrogen (secondary N) is 2. The van der Waals surface area contributed by atoms with Crippen LogP contribution in [0.5, 0.6) is 0 Å². The molecule has 4 rings (SSSR count). The molecule has 0 aromatic carbocycles. The van der Waals surface area contributed by atoms with Gasteiger partial charge < -0.3 is 20.3 Å². The van der Waals surface area contributed by atoms with Gasteiger partial charge in [0.1, 0.15) is 11.3 Å². The van der Waals surface area contributed by atoms with Crippen LogP contribution < -0.4 is 10.6 Å². The number of nitrogens with zero attached hydrogens (tertiary/aromatic N) is 4. The molecule has 10 nitrogen and oxygen atoms in total. The van der Waals surface area contributed by atoms with Gasteiger partial charge in [0.15, 0.2) is 11.9 Å². The first-order chi connectivity index (χ1) is 18.2. The maximum absolute atomic E-state index is 13.9. The molecule has 0 radical (unpaired) electrons. The number of hydrogen-bond acceptors (Lipinski definition) is 7. The second kappa shape index (κ2) is 10.9. The lowest BCUT2D eigenvalue weighted by Crippen LogP contribution is -2.37. The highest BCUT2D eigenvalue weighted by molar-refractivity contribution is 5.96. The molecule has 3 N–H and O–H groups in total. The second-order valence-electron chi connectivity index (χ2n) is 9.69. The molecule has 1 aliphatic carbocycles. The summed E-state index contributed by atoms with van der Waals surface area (Å²) in [6.45, 7) is 3.18. The molecule has 39 heavy (non-hydrogen) atoms. The van der Waals surface area contributed by atoms with Crippen LogP contribution in [0.2, 0.25) is 0 Å². The van der Waals surface area contributed by atoms with E-state index in [4.69, 9.17) is 4.52 Å². The topological polar surface area (TPSA) is 135 Å². The van der Waals surface area contributed by atoms with Gasteiger partial charge in [-0.1, -0.05) is 5.16 Å². The Bertz CT molecular complexity index is 1320. The largest absolute Gasteiger partial charge is 0.389 e. The van der Waals surface area contributed by atoms with E-state index in [-0.39, 0.29) is 48.4 Å². The van der Waals surface area contributed by atoms with Gasteiger partial charge in [0.2, 0.25) is 11.8 Å². The summed E-state index contributed by atoms with van der Waals surface area (Å²) >= 11 is 0. The zero-order valence-corrected chi connectivity index (χ0v) is 21.1. The summed E-state index contributed by atoms with van der Waals surface area (Å²) in [5.74, 6) is -4.36. The summed E-state index contributed by atoms with van der Waals surface area (Å²) in [5.41, 5.74) is 1.19. The molecule has 212 valence electrons. The number of aromatic nitrogens is 4. The van der Waals surface area contributed by atoms with E-state index in [2.05, 4.69) is 25.9 Å². The van der Waals surface area contributed by atoms with Crippen molar-refractivity contribution in [2.45, 2.75) is 76.7 Å². The van der Waals surface area contributed by atoms with Crippen LogP contribution in [0.4, 0.5) is 22.0 Å². The van der Waals surface area contributed by atoms with Crippen LogP contribution in [-0.4, -0.2) is 48.8 Å². The molecule has 1 saturated carbocycles. The van der Waals surface area contributed by atoms with E-state index in [1.54, 1.807) is 13.8 Å². The summed E-state index contributed by atoms with van der Waals surface area (Å²) in [5, 5.41) is 23.2. The van der Waals surface area contributed by atoms with E-state index < -0.39 is 49.0 Å². The minimum atomic E-state index is -4.51. The van der Waals surface area contributed by atoms with Crippen LogP contribution in [0.25, 0.3) is 5.65 Å². The minimum absolute atomic E-state index is 0.0635. The smallest absolute Gasteiger partial charge is 0.369 e. The number of halogens is 5. The van der Waals surface area contributed by atoms with Gasteiger partial charge in [-0.25, -0.2) is 18.3 Å². The van der Waals surface area contributed by atoms with Crippen molar-refractivity contribution >= 4 is 17.5 Å². The van der Waals surface area contributed by atoms with E-state index in [0.717, 1.165) is 0 Å². The molecular weight excluding hydrogens is 531 g/mol. The van der Waals surface area contributed by atoms with Crippen LogP contribution in [0, 0.1) is 19.8 Å². The SMILES string of the molecule is Cc1noc(C)c1C(=O)N[C@H](c1cn2ncc([C@@H](O)NC(=O)CCC(F)(F)F)cc2n1)C1CCC(F)(F)CC1. The summed E-state index contributed by atoms with van der Waals surface area (Å²) in [6.07, 6.45) is -6.04. The van der Waals surface area contributed by atoms with E-state index in [0.29, 0.717) is 17.1 Å². The number of alkyl halides is 5. The van der Waals surface area contributed by atoms with Crippen LogP contribution in [0.15, 0.2) is 23.0 Å². The Kier molecular flexibility index (Phi) is 7.91. The molecule has 1 aliphatic rings. The lowest BCUT2D eigenvalue weighted by molar-refractivity contribution is -0.145. The molecule has 0 bridgehead atoms. The van der Waals surface area contributed by atoms with Gasteiger partial charge in [-0.05, 0) is 38.7 Å². The van der Waals surface area contributed by atoms with Crippen molar-refractivity contribution in [3.8, 4) is 0 Å². The Balaban J connectivity index is 1.57. The number of rotatable bonds is 8. The minimum Gasteiger partial charge on any atom is -0.369 e. The van der Waals surface area contributed by atoms with Crippen LogP contribution in [0.1, 0.15) is 83.9 Å². The average Bonchev–Trinajstić information content (AvgIpc) is 3.42. The number of carbonyl (C=O) groups is 2. The van der Waals surface area contributed by atoms with Gasteiger partial charge in [-0.2, -0.15) is 18.3 Å². The predicted octanol–water partition coefficient (Wildman–Crippen LogP) is 4.08. The number of aliphatic hydroxyl groups is 1. The molecule has 3 aromatic heterocycles. The lowest BCUT2D eigenvalue weighted by atomic mass is 9.81. The third-order valence-corrected chi connectivity index (χ3v) is 6.71. The van der Waals surface area contributed by atoms with E-state index in [1.165, 1.54) is 23.0 Å². The molecule has 0 unspecified atom stereocenters. The fraction of sp³-hybridized carbons (Fsp3) is 0.542. The highest BCUT2D eigenvalue weighted by atomic mass is 19.4. The van der Waals surface area contributed by atoms with Gasteiger partial charge in [0, 0.05) is 24.8 Å². The molecule has 2 atom stereocenters. The molecule has 15 heteroatoms. The predicted molar refractivity (Wildman–Crippen MR) is 124 cm³/mol. The normalized spacial score (nSPS) is 17.6. The number of imidazole rings is 1. The van der Waals surface area contributed by atoms with Crippen molar-refractivity contribution in [2.75, 3.05) is 0 Å². The summed E-state index contributed by atoms with van der Waals surface area (Å²) in [6, 6.07) is 0.604. The maximum atomic E-state index is 13.9. The van der Waals surface area contributed by atoms with Crippen molar-refractivity contribution in [3.63, 3.8) is 0 Å². The molecule has 1 fully saturated rings. The summed E-state index contributed by atoms with van der Waals surface area (Å²) in [4.78, 5) is 29.4. The molecule has 3 heterocycles. The van der Waals surface area contributed by atoms with E-state index >= 15 is 0 Å². The summed E-state index contributed by atoms with van der Waals surface area (Å²) in [7, 11) is 0. The quantitative estimate of drug-likeness (QED) is 0.280. The number of carbonyl (C=O) groups excluding carboxylic acids is 2. The van der Waals surface area contributed by atoms with Crippen molar-refractivity contribution in [2.24, 2.45) is 5.92 Å². The average molecular weight is 559 g/mol. The third-order valence-electron chi connectivity index (χ3n) is 6.71. The Labute approximate surface area is 218 Å². The Hall–Kier alpha value is -3.62. The zero-order valence-electron chi connectivity index (χ0n) is 21.1. The lowest BCUT2D eigenvalue weighted by Gasteiger charge is -2.33. The Morgan fingerprint density at radius 3 is 2.54 bits per heavy atom. The van der Waals surface area contributed by atoms with Crippen molar-refractivity contribution in [1.82, 2.24) is 30.4 Å².